The Morgan fingerprint density at radius 3 is 1.76 bits per heavy atom. The van der Waals surface area contributed by atoms with Gasteiger partial charge in [-0.05, 0) is 88.1 Å². The van der Waals surface area contributed by atoms with Crippen LogP contribution in [0.2, 0.25) is 0 Å². The van der Waals surface area contributed by atoms with Crippen LogP contribution in [0.3, 0.4) is 0 Å². The van der Waals surface area contributed by atoms with Gasteiger partial charge in [-0.15, -0.1) is 0 Å². The van der Waals surface area contributed by atoms with Crippen molar-refractivity contribution >= 4 is 71.6 Å². The summed E-state index contributed by atoms with van der Waals surface area (Å²) in [5.41, 5.74) is 13.1. The number of aromatic nitrogens is 1. The van der Waals surface area contributed by atoms with Crippen molar-refractivity contribution in [3.63, 3.8) is 0 Å². The van der Waals surface area contributed by atoms with E-state index < -0.39 is 0 Å². The molecule has 0 aliphatic heterocycles. The lowest BCUT2D eigenvalue weighted by molar-refractivity contribution is 0.670. The summed E-state index contributed by atoms with van der Waals surface area (Å²) in [6.45, 7) is 0. The maximum absolute atomic E-state index is 6.63. The fourth-order valence-corrected chi connectivity index (χ4v) is 8.47. The maximum Gasteiger partial charge on any atom is 0.143 e. The molecule has 11 aromatic rings. The minimum atomic E-state index is 0.902. The molecule has 0 aliphatic rings. The SMILES string of the molecule is c1ccc(-c2ccc(N(c3ccc(-c4cc5ccccc5c5c4oc4ccccc45)cc3)c3cccc4c5ccccc5n(-c5ccccc5)c34)cc2)cc1. The van der Waals surface area contributed by atoms with Gasteiger partial charge in [-0.2, -0.15) is 0 Å². The van der Waals surface area contributed by atoms with E-state index in [4.69, 9.17) is 4.42 Å². The summed E-state index contributed by atoms with van der Waals surface area (Å²) in [7, 11) is 0. The van der Waals surface area contributed by atoms with Crippen molar-refractivity contribution in [3.8, 4) is 27.9 Å². The molecule has 0 radical (unpaired) electrons. The smallest absolute Gasteiger partial charge is 0.143 e. The van der Waals surface area contributed by atoms with Crippen LogP contribution in [0.5, 0.6) is 0 Å². The maximum atomic E-state index is 6.63. The van der Waals surface area contributed by atoms with E-state index in [-0.39, 0.29) is 0 Å². The highest BCUT2D eigenvalue weighted by Gasteiger charge is 2.22. The molecule has 3 nitrogen and oxygen atoms in total. The highest BCUT2D eigenvalue weighted by atomic mass is 16.3. The summed E-state index contributed by atoms with van der Waals surface area (Å²) in [5.74, 6) is 0. The van der Waals surface area contributed by atoms with Gasteiger partial charge in [-0.25, -0.2) is 0 Å². The normalized spacial score (nSPS) is 11.6. The first-order chi connectivity index (χ1) is 27.3. The molecule has 0 saturated heterocycles. The van der Waals surface area contributed by atoms with Gasteiger partial charge in [0.1, 0.15) is 11.2 Å². The average molecular weight is 703 g/mol. The second-order valence-corrected chi connectivity index (χ2v) is 14.1. The minimum Gasteiger partial charge on any atom is -0.455 e. The molecule has 9 aromatic carbocycles. The quantitative estimate of drug-likeness (QED) is 0.172. The first-order valence-electron chi connectivity index (χ1n) is 18.8. The van der Waals surface area contributed by atoms with E-state index in [1.165, 1.54) is 38.2 Å². The third-order valence-electron chi connectivity index (χ3n) is 11.0. The van der Waals surface area contributed by atoms with E-state index in [0.29, 0.717) is 0 Å². The van der Waals surface area contributed by atoms with Crippen molar-refractivity contribution in [1.82, 2.24) is 4.57 Å². The van der Waals surface area contributed by atoms with Gasteiger partial charge in [-0.1, -0.05) is 146 Å². The monoisotopic (exact) mass is 702 g/mol. The fourth-order valence-electron chi connectivity index (χ4n) is 8.47. The van der Waals surface area contributed by atoms with Crippen molar-refractivity contribution in [1.29, 1.82) is 0 Å². The Balaban J connectivity index is 1.13. The van der Waals surface area contributed by atoms with Crippen LogP contribution in [0.4, 0.5) is 17.1 Å². The average Bonchev–Trinajstić information content (AvgIpc) is 3.82. The van der Waals surface area contributed by atoms with E-state index in [1.54, 1.807) is 0 Å². The van der Waals surface area contributed by atoms with Gasteiger partial charge in [0.2, 0.25) is 0 Å². The molecule has 258 valence electrons. The Hall–Kier alpha value is -7.36. The molecule has 2 heterocycles. The van der Waals surface area contributed by atoms with Gasteiger partial charge in [0.25, 0.3) is 0 Å². The van der Waals surface area contributed by atoms with Gasteiger partial charge in [-0.3, -0.25) is 0 Å². The number of furan rings is 1. The number of hydrogen-bond donors (Lipinski definition) is 0. The lowest BCUT2D eigenvalue weighted by Gasteiger charge is -2.27. The summed E-state index contributed by atoms with van der Waals surface area (Å²) >= 11 is 0. The molecule has 0 aliphatic carbocycles. The van der Waals surface area contributed by atoms with Crippen LogP contribution in [-0.2, 0) is 0 Å². The molecule has 2 aromatic heterocycles. The Kier molecular flexibility index (Phi) is 7.17. The zero-order chi connectivity index (χ0) is 36.3. The number of anilines is 3. The Labute approximate surface area is 318 Å². The minimum absolute atomic E-state index is 0.902. The number of rotatable bonds is 6. The number of fused-ring (bicyclic) bond motifs is 8. The first-order valence-corrected chi connectivity index (χ1v) is 18.8. The largest absolute Gasteiger partial charge is 0.455 e. The predicted molar refractivity (Wildman–Crippen MR) is 231 cm³/mol. The lowest BCUT2D eigenvalue weighted by Crippen LogP contribution is -2.11. The second-order valence-electron chi connectivity index (χ2n) is 14.1. The summed E-state index contributed by atoms with van der Waals surface area (Å²) in [5, 5.41) is 7.13. The topological polar surface area (TPSA) is 21.3 Å². The molecule has 3 heteroatoms. The van der Waals surface area contributed by atoms with Gasteiger partial charge < -0.3 is 13.9 Å². The van der Waals surface area contributed by atoms with Gasteiger partial charge in [0, 0.05) is 44.2 Å². The summed E-state index contributed by atoms with van der Waals surface area (Å²) in [6, 6.07) is 73.8. The molecule has 0 bridgehead atoms. The summed E-state index contributed by atoms with van der Waals surface area (Å²) < 4.78 is 9.04. The van der Waals surface area contributed by atoms with Crippen LogP contribution in [0.25, 0.3) is 82.5 Å². The third-order valence-corrected chi connectivity index (χ3v) is 11.0. The number of benzene rings is 9. The molecular weight excluding hydrogens is 669 g/mol. The van der Waals surface area contributed by atoms with Gasteiger partial charge in [0.05, 0.1) is 16.7 Å². The van der Waals surface area contributed by atoms with E-state index >= 15 is 0 Å². The van der Waals surface area contributed by atoms with E-state index in [0.717, 1.165) is 61.3 Å². The van der Waals surface area contributed by atoms with E-state index in [1.807, 2.05) is 6.07 Å². The molecule has 0 N–H and O–H groups in total. The van der Waals surface area contributed by atoms with E-state index in [9.17, 15) is 0 Å². The number of nitrogens with zero attached hydrogens (tertiary/aromatic N) is 2. The molecule has 11 rings (SSSR count). The molecule has 0 amide bonds. The molecule has 0 saturated carbocycles. The summed E-state index contributed by atoms with van der Waals surface area (Å²) in [4.78, 5) is 2.40. The van der Waals surface area contributed by atoms with Crippen LogP contribution < -0.4 is 4.90 Å². The Morgan fingerprint density at radius 1 is 0.418 bits per heavy atom. The molecule has 0 spiro atoms. The van der Waals surface area contributed by atoms with E-state index in [2.05, 4.69) is 210 Å². The van der Waals surface area contributed by atoms with Crippen LogP contribution in [0.1, 0.15) is 0 Å². The predicted octanol–water partition coefficient (Wildman–Crippen LogP) is 14.6. The highest BCUT2D eigenvalue weighted by molar-refractivity contribution is 6.22. The number of hydrogen-bond acceptors (Lipinski definition) is 2. The Morgan fingerprint density at radius 2 is 1.00 bits per heavy atom. The molecule has 0 atom stereocenters. The highest BCUT2D eigenvalue weighted by Crippen LogP contribution is 2.45. The molecule has 55 heavy (non-hydrogen) atoms. The Bertz CT molecular complexity index is 3180. The molecule has 0 fully saturated rings. The van der Waals surface area contributed by atoms with Crippen molar-refractivity contribution < 1.29 is 4.42 Å². The van der Waals surface area contributed by atoms with Crippen molar-refractivity contribution in [2.24, 2.45) is 0 Å². The third kappa shape index (κ3) is 5.05. The van der Waals surface area contributed by atoms with Gasteiger partial charge >= 0.3 is 0 Å². The lowest BCUT2D eigenvalue weighted by atomic mass is 9.96. The van der Waals surface area contributed by atoms with Crippen LogP contribution in [-0.4, -0.2) is 4.57 Å². The van der Waals surface area contributed by atoms with Crippen molar-refractivity contribution in [2.75, 3.05) is 4.90 Å². The second kappa shape index (κ2) is 12.6. The standard InChI is InChI=1S/C52H34N2O/c1-3-14-35(15-4-1)36-26-30-40(31-27-36)53(48-24-13-22-44-43-20-9-11-23-47(43)54(51(44)48)39-17-5-2-6-18-39)41-32-28-37(29-33-41)46-34-38-16-7-8-19-42(38)50-45-21-10-12-25-49(45)55-52(46)50/h1-34H. The van der Waals surface area contributed by atoms with Crippen molar-refractivity contribution in [3.05, 3.63) is 206 Å². The summed E-state index contributed by atoms with van der Waals surface area (Å²) in [6.07, 6.45) is 0. The zero-order valence-electron chi connectivity index (χ0n) is 29.9. The molecule has 0 unspecified atom stereocenters. The van der Waals surface area contributed by atoms with Gasteiger partial charge in [0.15, 0.2) is 0 Å². The fraction of sp³-hybridized carbons (Fsp3) is 0. The van der Waals surface area contributed by atoms with Crippen LogP contribution >= 0.6 is 0 Å². The number of para-hydroxylation sites is 4. The van der Waals surface area contributed by atoms with Crippen molar-refractivity contribution in [2.45, 2.75) is 0 Å². The molecular formula is C52H34N2O. The van der Waals surface area contributed by atoms with Crippen LogP contribution in [0, 0.1) is 0 Å². The van der Waals surface area contributed by atoms with Crippen LogP contribution in [0.15, 0.2) is 211 Å². The first kappa shape index (κ1) is 31.2. The zero-order valence-corrected chi connectivity index (χ0v) is 29.9.